The zero-order chi connectivity index (χ0) is 36.4. The number of benzene rings is 3. The number of carboxylic acid groups (broad SMARTS) is 1. The van der Waals surface area contributed by atoms with Crippen LogP contribution in [0.5, 0.6) is 11.5 Å². The number of aromatic carboxylic acids is 1. The Morgan fingerprint density at radius 3 is 2.52 bits per heavy atom. The monoisotopic (exact) mass is 710 g/mol. The Bertz CT molecular complexity index is 1950. The van der Waals surface area contributed by atoms with Crippen LogP contribution in [0, 0.1) is 0 Å². The molecule has 0 aliphatic heterocycles. The number of aliphatic hydroxyl groups is 1. The number of hydrogen-bond acceptors (Lipinski definition) is 8. The standard InChI is InChI=1S/C38H37F3O8S/c1-3-11-29-31(18-17-27(23(2)42)36(29)45)48-19-9-7-5-4-6-8-14-34(35(44)24-12-10-13-25(20-24)38(39,40)41)50-26-15-16-28-30(43)22-33(37(46)47)49-32(28)21-26/h4,6,8,10,12-18,20-22,34-35,44-45H,3,5,7,9,11,19H2,1-2H3,(H,46,47)/b6-4+,14-8+. The molecular weight excluding hydrogens is 673 g/mol. The van der Waals surface area contributed by atoms with Crippen LogP contribution in [0.1, 0.15) is 83.2 Å². The van der Waals surface area contributed by atoms with E-state index in [-0.39, 0.29) is 33.6 Å². The van der Waals surface area contributed by atoms with Gasteiger partial charge in [0.15, 0.2) is 11.2 Å². The quantitative estimate of drug-likeness (QED) is 0.0451. The minimum atomic E-state index is -4.60. The van der Waals surface area contributed by atoms with Crippen LogP contribution in [-0.2, 0) is 12.6 Å². The zero-order valence-electron chi connectivity index (χ0n) is 27.4. The SMILES string of the molecule is CCCc1c(OCCCC/C=C/C=C/C(Sc2ccc3c(=O)cc(C(=O)O)oc3c2)C(O)c2cccc(C(F)(F)F)c2)ccc(C(C)=O)c1O. The number of rotatable bonds is 16. The summed E-state index contributed by atoms with van der Waals surface area (Å²) in [5.74, 6) is -1.66. The number of Topliss-reactive ketones (excluding diaryl/α,β-unsaturated/α-hetero) is 1. The van der Waals surface area contributed by atoms with Gasteiger partial charge in [0, 0.05) is 16.5 Å². The summed E-state index contributed by atoms with van der Waals surface area (Å²) in [6.45, 7) is 3.78. The van der Waals surface area contributed by atoms with Crippen LogP contribution in [0.2, 0.25) is 0 Å². The Hall–Kier alpha value is -4.81. The molecule has 0 fully saturated rings. The van der Waals surface area contributed by atoms with E-state index in [0.29, 0.717) is 42.1 Å². The summed E-state index contributed by atoms with van der Waals surface area (Å²) in [6, 6.07) is 13.1. The molecule has 3 aromatic carbocycles. The first-order valence-corrected chi connectivity index (χ1v) is 16.8. The van der Waals surface area contributed by atoms with Crippen molar-refractivity contribution in [3.8, 4) is 11.5 Å². The van der Waals surface area contributed by atoms with Crippen molar-refractivity contribution in [3.05, 3.63) is 123 Å². The van der Waals surface area contributed by atoms with E-state index in [1.54, 1.807) is 36.4 Å². The van der Waals surface area contributed by atoms with Crippen LogP contribution in [0.3, 0.4) is 0 Å². The van der Waals surface area contributed by atoms with E-state index in [4.69, 9.17) is 9.15 Å². The summed E-state index contributed by atoms with van der Waals surface area (Å²) in [5.41, 5.74) is -0.485. The normalized spacial score (nSPS) is 13.2. The molecule has 0 saturated carbocycles. The Morgan fingerprint density at radius 2 is 1.82 bits per heavy atom. The highest BCUT2D eigenvalue weighted by molar-refractivity contribution is 8.00. The number of thioether (sulfide) groups is 1. The molecule has 4 rings (SSSR count). The molecule has 0 radical (unpaired) electrons. The number of phenolic OH excluding ortho intramolecular Hbond substituents is 1. The third-order valence-corrected chi connectivity index (χ3v) is 8.95. The number of carbonyl (C=O) groups is 2. The van der Waals surface area contributed by atoms with Gasteiger partial charge in [-0.05, 0) is 80.6 Å². The summed E-state index contributed by atoms with van der Waals surface area (Å²) in [6.07, 6.45) is 4.56. The molecular formula is C38H37F3O8S. The van der Waals surface area contributed by atoms with Crippen LogP contribution in [-0.4, -0.2) is 38.9 Å². The number of halogens is 3. The number of aliphatic hydroxyl groups excluding tert-OH is 1. The molecule has 12 heteroatoms. The number of ether oxygens (including phenoxy) is 1. The van der Waals surface area contributed by atoms with Gasteiger partial charge in [-0.25, -0.2) is 4.79 Å². The van der Waals surface area contributed by atoms with Crippen molar-refractivity contribution in [3.63, 3.8) is 0 Å². The number of alkyl halides is 3. The molecule has 0 aliphatic rings. The van der Waals surface area contributed by atoms with Gasteiger partial charge in [-0.3, -0.25) is 9.59 Å². The van der Waals surface area contributed by atoms with Gasteiger partial charge in [0.2, 0.25) is 5.76 Å². The lowest BCUT2D eigenvalue weighted by Gasteiger charge is -2.21. The Balaban J connectivity index is 1.44. The number of fused-ring (bicyclic) bond motifs is 1. The number of aromatic hydroxyl groups is 1. The topological polar surface area (TPSA) is 134 Å². The van der Waals surface area contributed by atoms with Crippen molar-refractivity contribution in [1.29, 1.82) is 0 Å². The fourth-order valence-electron chi connectivity index (χ4n) is 5.19. The van der Waals surface area contributed by atoms with Crippen molar-refractivity contribution < 1.29 is 47.2 Å². The first-order chi connectivity index (χ1) is 23.8. The molecule has 8 nitrogen and oxygen atoms in total. The maximum absolute atomic E-state index is 13.4. The van der Waals surface area contributed by atoms with Gasteiger partial charge in [0.05, 0.1) is 34.5 Å². The van der Waals surface area contributed by atoms with Gasteiger partial charge in [-0.15, -0.1) is 11.8 Å². The van der Waals surface area contributed by atoms with Gasteiger partial charge < -0.3 is 24.5 Å². The average molecular weight is 711 g/mol. The molecule has 264 valence electrons. The minimum Gasteiger partial charge on any atom is -0.507 e. The van der Waals surface area contributed by atoms with E-state index in [1.807, 2.05) is 13.0 Å². The average Bonchev–Trinajstić information content (AvgIpc) is 3.07. The van der Waals surface area contributed by atoms with Crippen LogP contribution in [0.4, 0.5) is 13.2 Å². The molecule has 50 heavy (non-hydrogen) atoms. The summed E-state index contributed by atoms with van der Waals surface area (Å²) in [4.78, 5) is 36.0. The largest absolute Gasteiger partial charge is 0.507 e. The number of carboxylic acids is 1. The second kappa shape index (κ2) is 17.2. The predicted octanol–water partition coefficient (Wildman–Crippen LogP) is 8.93. The highest BCUT2D eigenvalue weighted by atomic mass is 32.2. The molecule has 0 saturated heterocycles. The molecule has 4 aromatic rings. The van der Waals surface area contributed by atoms with Gasteiger partial charge in [-0.2, -0.15) is 13.2 Å². The van der Waals surface area contributed by atoms with Gasteiger partial charge in [-0.1, -0.05) is 49.8 Å². The van der Waals surface area contributed by atoms with E-state index in [0.717, 1.165) is 42.8 Å². The van der Waals surface area contributed by atoms with Crippen LogP contribution in [0.15, 0.2) is 99.1 Å². The van der Waals surface area contributed by atoms with Crippen LogP contribution >= 0.6 is 11.8 Å². The molecule has 0 aliphatic carbocycles. The lowest BCUT2D eigenvalue weighted by Crippen LogP contribution is -2.14. The first kappa shape index (κ1) is 38.0. The number of hydrogen-bond donors (Lipinski definition) is 3. The number of ketones is 1. The fourth-order valence-corrected chi connectivity index (χ4v) is 6.28. The second-order valence-electron chi connectivity index (χ2n) is 11.5. The molecule has 1 heterocycles. The number of allylic oxidation sites excluding steroid dienone is 3. The van der Waals surface area contributed by atoms with Crippen LogP contribution in [0.25, 0.3) is 11.0 Å². The van der Waals surface area contributed by atoms with E-state index >= 15 is 0 Å². The minimum absolute atomic E-state index is 0.0199. The van der Waals surface area contributed by atoms with Crippen LogP contribution < -0.4 is 10.2 Å². The Kier molecular flexibility index (Phi) is 13.1. The number of phenols is 1. The highest BCUT2D eigenvalue weighted by Gasteiger charge is 2.31. The highest BCUT2D eigenvalue weighted by Crippen LogP contribution is 2.37. The van der Waals surface area contributed by atoms with Crippen molar-refractivity contribution in [1.82, 2.24) is 0 Å². The maximum Gasteiger partial charge on any atom is 0.416 e. The third-order valence-electron chi connectivity index (χ3n) is 7.74. The number of carbonyl (C=O) groups excluding carboxylic acids is 1. The molecule has 0 bridgehead atoms. The smallest absolute Gasteiger partial charge is 0.416 e. The fraction of sp³-hybridized carbons (Fsp3) is 0.289. The lowest BCUT2D eigenvalue weighted by molar-refractivity contribution is -0.137. The zero-order valence-corrected chi connectivity index (χ0v) is 28.2. The predicted molar refractivity (Wildman–Crippen MR) is 185 cm³/mol. The second-order valence-corrected chi connectivity index (χ2v) is 12.7. The van der Waals surface area contributed by atoms with Crippen molar-refractivity contribution in [2.24, 2.45) is 0 Å². The summed E-state index contributed by atoms with van der Waals surface area (Å²) < 4.78 is 51.6. The van der Waals surface area contributed by atoms with Crippen molar-refractivity contribution in [2.45, 2.75) is 68.4 Å². The maximum atomic E-state index is 13.4. The molecule has 3 N–H and O–H groups in total. The van der Waals surface area contributed by atoms with Crippen molar-refractivity contribution in [2.75, 3.05) is 6.61 Å². The van der Waals surface area contributed by atoms with Gasteiger partial charge in [0.25, 0.3) is 0 Å². The molecule has 2 atom stereocenters. The van der Waals surface area contributed by atoms with E-state index in [1.165, 1.54) is 31.2 Å². The summed E-state index contributed by atoms with van der Waals surface area (Å²) >= 11 is 1.11. The van der Waals surface area contributed by atoms with E-state index in [2.05, 4.69) is 0 Å². The third kappa shape index (κ3) is 9.88. The Labute approximate surface area is 290 Å². The molecule has 0 spiro atoms. The van der Waals surface area contributed by atoms with Gasteiger partial charge >= 0.3 is 12.1 Å². The molecule has 0 amide bonds. The Morgan fingerprint density at radius 1 is 1.04 bits per heavy atom. The lowest BCUT2D eigenvalue weighted by atomic mass is 10.0. The van der Waals surface area contributed by atoms with Gasteiger partial charge in [0.1, 0.15) is 17.1 Å². The van der Waals surface area contributed by atoms with E-state index in [9.17, 15) is 42.9 Å². The van der Waals surface area contributed by atoms with E-state index < -0.39 is 40.3 Å². The summed E-state index contributed by atoms with van der Waals surface area (Å²) in [7, 11) is 0. The molecule has 1 aromatic heterocycles. The van der Waals surface area contributed by atoms with Crippen molar-refractivity contribution >= 4 is 34.5 Å². The number of unbranched alkanes of at least 4 members (excludes halogenated alkanes) is 2. The molecule has 2 unspecified atom stereocenters. The summed E-state index contributed by atoms with van der Waals surface area (Å²) in [5, 5.41) is 30.4. The first-order valence-electron chi connectivity index (χ1n) is 15.9.